The second kappa shape index (κ2) is 3.49. The Hall–Kier alpha value is -2.24. The second-order valence-electron chi connectivity index (χ2n) is 3.03. The van der Waals surface area contributed by atoms with Crippen molar-refractivity contribution in [3.63, 3.8) is 0 Å². The molecular weight excluding hydrogens is 196 g/mol. The topological polar surface area (TPSA) is 80.9 Å². The number of carbonyl (C=O) groups is 1. The molecular formula is C9H8N4O2. The number of pyridine rings is 1. The van der Waals surface area contributed by atoms with Gasteiger partial charge in [-0.1, -0.05) is 5.21 Å². The van der Waals surface area contributed by atoms with Crippen molar-refractivity contribution >= 4 is 5.97 Å². The molecule has 0 atom stereocenters. The van der Waals surface area contributed by atoms with Crippen LogP contribution in [-0.4, -0.2) is 31.1 Å². The van der Waals surface area contributed by atoms with Gasteiger partial charge in [-0.25, -0.2) is 14.5 Å². The number of rotatable bonds is 2. The lowest BCUT2D eigenvalue weighted by molar-refractivity contribution is 0.0690. The van der Waals surface area contributed by atoms with Gasteiger partial charge in [0.1, 0.15) is 0 Å². The highest BCUT2D eigenvalue weighted by Gasteiger charge is 2.13. The Kier molecular flexibility index (Phi) is 2.17. The number of aromatic carboxylic acids is 1. The summed E-state index contributed by atoms with van der Waals surface area (Å²) in [6, 6.07) is 1.70. The Morgan fingerprint density at radius 2 is 2.33 bits per heavy atom. The van der Waals surface area contributed by atoms with E-state index in [1.807, 2.05) is 6.92 Å². The predicted octanol–water partition coefficient (Wildman–Crippen LogP) is 0.669. The van der Waals surface area contributed by atoms with Crippen LogP contribution in [0.5, 0.6) is 0 Å². The van der Waals surface area contributed by atoms with E-state index in [1.165, 1.54) is 17.1 Å². The molecule has 0 amide bonds. The standard InChI is InChI=1S/C9H8N4O2/c1-6-4-7(13-3-2-11-12-13)8(9(14)15)10-5-6/h2-5H,1H3,(H,14,15). The maximum atomic E-state index is 10.9. The van der Waals surface area contributed by atoms with Crippen molar-refractivity contribution in [1.29, 1.82) is 0 Å². The van der Waals surface area contributed by atoms with E-state index in [9.17, 15) is 4.79 Å². The molecule has 0 aromatic carbocycles. The molecule has 6 nitrogen and oxygen atoms in total. The van der Waals surface area contributed by atoms with E-state index in [1.54, 1.807) is 12.3 Å². The average Bonchev–Trinajstić information content (AvgIpc) is 2.69. The Labute approximate surface area is 85.2 Å². The fourth-order valence-corrected chi connectivity index (χ4v) is 1.23. The van der Waals surface area contributed by atoms with Gasteiger partial charge in [-0.2, -0.15) is 0 Å². The highest BCUT2D eigenvalue weighted by atomic mass is 16.4. The highest BCUT2D eigenvalue weighted by Crippen LogP contribution is 2.12. The minimum atomic E-state index is -1.08. The molecule has 0 aliphatic rings. The summed E-state index contributed by atoms with van der Waals surface area (Å²) < 4.78 is 1.38. The summed E-state index contributed by atoms with van der Waals surface area (Å²) in [5.74, 6) is -1.08. The summed E-state index contributed by atoms with van der Waals surface area (Å²) in [6.45, 7) is 1.83. The lowest BCUT2D eigenvalue weighted by Crippen LogP contribution is -2.09. The molecule has 0 bridgehead atoms. The van der Waals surface area contributed by atoms with Crippen LogP contribution in [0.15, 0.2) is 24.7 Å². The van der Waals surface area contributed by atoms with E-state index in [0.29, 0.717) is 5.69 Å². The fourth-order valence-electron chi connectivity index (χ4n) is 1.23. The first-order valence-electron chi connectivity index (χ1n) is 4.25. The molecule has 0 aliphatic heterocycles. The number of carboxylic acids is 1. The van der Waals surface area contributed by atoms with Crippen LogP contribution in [0.3, 0.4) is 0 Å². The van der Waals surface area contributed by atoms with E-state index in [0.717, 1.165) is 5.56 Å². The third-order valence-corrected chi connectivity index (χ3v) is 1.88. The molecule has 0 radical (unpaired) electrons. The van der Waals surface area contributed by atoms with Crippen molar-refractivity contribution in [2.75, 3.05) is 0 Å². The van der Waals surface area contributed by atoms with Crippen LogP contribution >= 0.6 is 0 Å². The second-order valence-corrected chi connectivity index (χ2v) is 3.03. The Balaban J connectivity index is 2.63. The van der Waals surface area contributed by atoms with Gasteiger partial charge in [0.05, 0.1) is 18.1 Å². The number of carboxylic acid groups (broad SMARTS) is 1. The maximum absolute atomic E-state index is 10.9. The van der Waals surface area contributed by atoms with Crippen molar-refractivity contribution in [2.45, 2.75) is 6.92 Å². The van der Waals surface area contributed by atoms with Crippen molar-refractivity contribution in [2.24, 2.45) is 0 Å². The Morgan fingerprint density at radius 1 is 1.53 bits per heavy atom. The van der Waals surface area contributed by atoms with Gasteiger partial charge in [0.25, 0.3) is 0 Å². The van der Waals surface area contributed by atoms with Gasteiger partial charge in [0.2, 0.25) is 0 Å². The summed E-state index contributed by atoms with van der Waals surface area (Å²) in [5.41, 5.74) is 1.25. The van der Waals surface area contributed by atoms with Gasteiger partial charge in [-0.3, -0.25) is 0 Å². The molecule has 0 unspecified atom stereocenters. The first-order valence-corrected chi connectivity index (χ1v) is 4.25. The monoisotopic (exact) mass is 204 g/mol. The number of hydrogen-bond acceptors (Lipinski definition) is 4. The summed E-state index contributed by atoms with van der Waals surface area (Å²) >= 11 is 0. The quantitative estimate of drug-likeness (QED) is 0.777. The fraction of sp³-hybridized carbons (Fsp3) is 0.111. The number of aryl methyl sites for hydroxylation is 1. The SMILES string of the molecule is Cc1cnc(C(=O)O)c(-n2ccnn2)c1. The molecule has 0 saturated carbocycles. The van der Waals surface area contributed by atoms with Crippen LogP contribution < -0.4 is 0 Å². The van der Waals surface area contributed by atoms with Crippen molar-refractivity contribution in [3.8, 4) is 5.69 Å². The molecule has 2 rings (SSSR count). The lowest BCUT2D eigenvalue weighted by Gasteiger charge is -2.04. The third-order valence-electron chi connectivity index (χ3n) is 1.88. The third kappa shape index (κ3) is 1.69. The molecule has 15 heavy (non-hydrogen) atoms. The average molecular weight is 204 g/mol. The van der Waals surface area contributed by atoms with Crippen molar-refractivity contribution in [1.82, 2.24) is 20.0 Å². The molecule has 76 valence electrons. The van der Waals surface area contributed by atoms with Crippen LogP contribution in [0.4, 0.5) is 0 Å². The van der Waals surface area contributed by atoms with Gasteiger partial charge in [-0.15, -0.1) is 5.10 Å². The summed E-state index contributed by atoms with van der Waals surface area (Å²) in [5, 5.41) is 16.3. The molecule has 0 fully saturated rings. The normalized spacial score (nSPS) is 10.2. The zero-order valence-electron chi connectivity index (χ0n) is 7.95. The van der Waals surface area contributed by atoms with Gasteiger partial charge < -0.3 is 5.11 Å². The van der Waals surface area contributed by atoms with Gasteiger partial charge in [0, 0.05) is 6.20 Å². The molecule has 1 N–H and O–H groups in total. The van der Waals surface area contributed by atoms with Crippen LogP contribution in [0.25, 0.3) is 5.69 Å². The van der Waals surface area contributed by atoms with Gasteiger partial charge >= 0.3 is 5.97 Å². The smallest absolute Gasteiger partial charge is 0.356 e. The van der Waals surface area contributed by atoms with E-state index in [2.05, 4.69) is 15.3 Å². The van der Waals surface area contributed by atoms with E-state index in [4.69, 9.17) is 5.11 Å². The number of aromatic nitrogens is 4. The first-order chi connectivity index (χ1) is 7.18. The van der Waals surface area contributed by atoms with Gasteiger partial charge in [-0.05, 0) is 18.6 Å². The molecule has 0 aliphatic carbocycles. The van der Waals surface area contributed by atoms with Crippen molar-refractivity contribution in [3.05, 3.63) is 35.9 Å². The van der Waals surface area contributed by atoms with E-state index in [-0.39, 0.29) is 5.69 Å². The molecule has 0 saturated heterocycles. The van der Waals surface area contributed by atoms with Crippen LogP contribution in [0.1, 0.15) is 16.1 Å². The summed E-state index contributed by atoms with van der Waals surface area (Å²) in [4.78, 5) is 14.7. The van der Waals surface area contributed by atoms with E-state index < -0.39 is 5.97 Å². The van der Waals surface area contributed by atoms with Crippen LogP contribution in [-0.2, 0) is 0 Å². The van der Waals surface area contributed by atoms with Gasteiger partial charge in [0.15, 0.2) is 5.69 Å². The Morgan fingerprint density at radius 3 is 2.93 bits per heavy atom. The first kappa shape index (κ1) is 9.32. The minimum Gasteiger partial charge on any atom is -0.476 e. The highest BCUT2D eigenvalue weighted by molar-refractivity contribution is 5.89. The summed E-state index contributed by atoms with van der Waals surface area (Å²) in [6.07, 6.45) is 4.56. The predicted molar refractivity (Wildman–Crippen MR) is 50.9 cm³/mol. The molecule has 2 heterocycles. The molecule has 0 spiro atoms. The zero-order valence-corrected chi connectivity index (χ0v) is 7.95. The Bertz CT molecular complexity index is 493. The largest absolute Gasteiger partial charge is 0.476 e. The maximum Gasteiger partial charge on any atom is 0.356 e. The zero-order chi connectivity index (χ0) is 10.8. The number of hydrogen-bond donors (Lipinski definition) is 1. The van der Waals surface area contributed by atoms with Crippen LogP contribution in [0.2, 0.25) is 0 Å². The molecule has 2 aromatic rings. The molecule has 6 heteroatoms. The summed E-state index contributed by atoms with van der Waals surface area (Å²) in [7, 11) is 0. The van der Waals surface area contributed by atoms with Crippen molar-refractivity contribution < 1.29 is 9.90 Å². The minimum absolute atomic E-state index is 0.0360. The molecule has 2 aromatic heterocycles. The lowest BCUT2D eigenvalue weighted by atomic mass is 10.2. The van der Waals surface area contributed by atoms with E-state index >= 15 is 0 Å². The van der Waals surface area contributed by atoms with Crippen LogP contribution in [0, 0.1) is 6.92 Å². The number of nitrogens with zero attached hydrogens (tertiary/aromatic N) is 4.